The number of piperazine rings is 1. The van der Waals surface area contributed by atoms with Crippen LogP contribution in [0.3, 0.4) is 0 Å². The Hall–Kier alpha value is -2.86. The third kappa shape index (κ3) is 3.73. The van der Waals surface area contributed by atoms with E-state index in [-0.39, 0.29) is 19.1 Å². The average Bonchev–Trinajstić information content (AvgIpc) is 2.71. The molecule has 28 heavy (non-hydrogen) atoms. The lowest BCUT2D eigenvalue weighted by Gasteiger charge is -2.37. The molecule has 2 fully saturated rings. The first-order valence-corrected chi connectivity index (χ1v) is 9.64. The van der Waals surface area contributed by atoms with E-state index >= 15 is 0 Å². The second kappa shape index (κ2) is 7.64. The first kappa shape index (κ1) is 18.5. The van der Waals surface area contributed by atoms with Crippen molar-refractivity contribution in [2.75, 3.05) is 24.5 Å². The van der Waals surface area contributed by atoms with Crippen LogP contribution in [-0.2, 0) is 21.7 Å². The Kier molecular flexibility index (Phi) is 5.05. The van der Waals surface area contributed by atoms with Crippen LogP contribution in [0, 0.1) is 0 Å². The van der Waals surface area contributed by atoms with E-state index in [4.69, 9.17) is 4.74 Å². The SMILES string of the molecule is O=C(OCc1ccccc1)N1CCN(c2ccc(C3(O)CCC3)cc2)C(=O)C1. The van der Waals surface area contributed by atoms with Gasteiger partial charge in [-0.25, -0.2) is 4.79 Å². The number of rotatable bonds is 4. The molecule has 2 amide bonds. The average molecular weight is 380 g/mol. The highest BCUT2D eigenvalue weighted by Gasteiger charge is 2.36. The Morgan fingerprint density at radius 1 is 1.04 bits per heavy atom. The summed E-state index contributed by atoms with van der Waals surface area (Å²) in [6.45, 7) is 1.03. The second-order valence-corrected chi connectivity index (χ2v) is 7.44. The van der Waals surface area contributed by atoms with Gasteiger partial charge < -0.3 is 14.7 Å². The third-order valence-corrected chi connectivity index (χ3v) is 5.58. The fourth-order valence-corrected chi connectivity index (χ4v) is 3.66. The molecule has 1 saturated heterocycles. The van der Waals surface area contributed by atoms with Gasteiger partial charge in [0.05, 0.1) is 5.60 Å². The number of nitrogens with zero attached hydrogens (tertiary/aromatic N) is 2. The van der Waals surface area contributed by atoms with E-state index in [1.165, 1.54) is 4.90 Å². The molecule has 6 nitrogen and oxygen atoms in total. The second-order valence-electron chi connectivity index (χ2n) is 7.44. The van der Waals surface area contributed by atoms with Crippen LogP contribution in [0.1, 0.15) is 30.4 Å². The maximum absolute atomic E-state index is 12.6. The monoisotopic (exact) mass is 380 g/mol. The van der Waals surface area contributed by atoms with E-state index in [0.717, 1.165) is 36.1 Å². The largest absolute Gasteiger partial charge is 0.445 e. The van der Waals surface area contributed by atoms with Crippen LogP contribution in [0.4, 0.5) is 10.5 Å². The Morgan fingerprint density at radius 3 is 2.36 bits per heavy atom. The molecule has 2 aliphatic rings. The van der Waals surface area contributed by atoms with Crippen molar-refractivity contribution in [3.63, 3.8) is 0 Å². The quantitative estimate of drug-likeness (QED) is 0.885. The Labute approximate surface area is 164 Å². The zero-order valence-corrected chi connectivity index (χ0v) is 15.7. The zero-order valence-electron chi connectivity index (χ0n) is 15.7. The van der Waals surface area contributed by atoms with Gasteiger partial charge in [0.1, 0.15) is 13.2 Å². The molecule has 1 aliphatic carbocycles. The molecule has 0 bridgehead atoms. The van der Waals surface area contributed by atoms with Gasteiger partial charge in [-0.05, 0) is 42.5 Å². The minimum atomic E-state index is -0.705. The molecule has 146 valence electrons. The first-order chi connectivity index (χ1) is 13.5. The van der Waals surface area contributed by atoms with E-state index in [2.05, 4.69) is 0 Å². The molecule has 0 atom stereocenters. The number of carbonyl (C=O) groups is 2. The number of anilines is 1. The van der Waals surface area contributed by atoms with Crippen molar-refractivity contribution >= 4 is 17.7 Å². The number of hydrogen-bond acceptors (Lipinski definition) is 4. The summed E-state index contributed by atoms with van der Waals surface area (Å²) in [5.41, 5.74) is 1.89. The minimum absolute atomic E-state index is 0.000683. The summed E-state index contributed by atoms with van der Waals surface area (Å²) in [5, 5.41) is 10.4. The molecule has 0 aromatic heterocycles. The van der Waals surface area contributed by atoms with Gasteiger partial charge in [0, 0.05) is 18.8 Å². The Bertz CT molecular complexity index is 847. The number of benzene rings is 2. The van der Waals surface area contributed by atoms with E-state index in [0.29, 0.717) is 13.1 Å². The molecule has 1 saturated carbocycles. The summed E-state index contributed by atoms with van der Waals surface area (Å²) < 4.78 is 5.32. The topological polar surface area (TPSA) is 70.1 Å². The van der Waals surface area contributed by atoms with Crippen molar-refractivity contribution < 1.29 is 19.4 Å². The van der Waals surface area contributed by atoms with Gasteiger partial charge in [-0.1, -0.05) is 42.5 Å². The summed E-state index contributed by atoms with van der Waals surface area (Å²) >= 11 is 0. The highest BCUT2D eigenvalue weighted by atomic mass is 16.6. The highest BCUT2D eigenvalue weighted by molar-refractivity contribution is 5.97. The fraction of sp³-hybridized carbons (Fsp3) is 0.364. The van der Waals surface area contributed by atoms with Crippen LogP contribution < -0.4 is 4.90 Å². The zero-order chi connectivity index (χ0) is 19.6. The van der Waals surface area contributed by atoms with Gasteiger partial charge in [0.15, 0.2) is 0 Å². The van der Waals surface area contributed by atoms with Crippen LogP contribution >= 0.6 is 0 Å². The first-order valence-electron chi connectivity index (χ1n) is 9.64. The molecular weight excluding hydrogens is 356 g/mol. The van der Waals surface area contributed by atoms with E-state index < -0.39 is 11.7 Å². The lowest BCUT2D eigenvalue weighted by Crippen LogP contribution is -2.52. The highest BCUT2D eigenvalue weighted by Crippen LogP contribution is 2.41. The molecule has 1 aliphatic heterocycles. The number of aliphatic hydroxyl groups is 1. The minimum Gasteiger partial charge on any atom is -0.445 e. The van der Waals surface area contributed by atoms with Crippen LogP contribution in [0.25, 0.3) is 0 Å². The summed E-state index contributed by atoms with van der Waals surface area (Å²) in [6.07, 6.45) is 2.14. The molecule has 2 aromatic rings. The summed E-state index contributed by atoms with van der Waals surface area (Å²) in [7, 11) is 0. The maximum Gasteiger partial charge on any atom is 0.410 e. The lowest BCUT2D eigenvalue weighted by atomic mass is 9.75. The smallest absolute Gasteiger partial charge is 0.410 e. The number of ether oxygens (including phenoxy) is 1. The summed E-state index contributed by atoms with van der Waals surface area (Å²) in [5.74, 6) is -0.141. The standard InChI is InChI=1S/C22H24N2O4/c25-20-15-23(21(26)28-16-17-5-2-1-3-6-17)13-14-24(20)19-9-7-18(8-10-19)22(27)11-4-12-22/h1-3,5-10,27H,4,11-16H2. The van der Waals surface area contributed by atoms with Crippen LogP contribution in [0.2, 0.25) is 0 Å². The van der Waals surface area contributed by atoms with E-state index in [1.807, 2.05) is 54.6 Å². The van der Waals surface area contributed by atoms with Crippen molar-refractivity contribution in [3.8, 4) is 0 Å². The van der Waals surface area contributed by atoms with E-state index in [9.17, 15) is 14.7 Å². The van der Waals surface area contributed by atoms with Crippen molar-refractivity contribution in [1.29, 1.82) is 0 Å². The Balaban J connectivity index is 1.33. The summed E-state index contributed by atoms with van der Waals surface area (Å²) in [6, 6.07) is 17.0. The molecular formula is C22H24N2O4. The third-order valence-electron chi connectivity index (χ3n) is 5.58. The number of amides is 2. The van der Waals surface area contributed by atoms with Crippen molar-refractivity contribution in [2.24, 2.45) is 0 Å². The fourth-order valence-electron chi connectivity index (χ4n) is 3.66. The Morgan fingerprint density at radius 2 is 1.75 bits per heavy atom. The van der Waals surface area contributed by atoms with Crippen molar-refractivity contribution in [1.82, 2.24) is 4.90 Å². The molecule has 0 unspecified atom stereocenters. The van der Waals surface area contributed by atoms with Crippen LogP contribution in [0.5, 0.6) is 0 Å². The van der Waals surface area contributed by atoms with Crippen LogP contribution in [0.15, 0.2) is 54.6 Å². The number of hydrogen-bond donors (Lipinski definition) is 1. The van der Waals surface area contributed by atoms with Crippen LogP contribution in [-0.4, -0.2) is 41.6 Å². The van der Waals surface area contributed by atoms with Gasteiger partial charge >= 0.3 is 6.09 Å². The van der Waals surface area contributed by atoms with Gasteiger partial charge in [-0.15, -0.1) is 0 Å². The molecule has 1 heterocycles. The van der Waals surface area contributed by atoms with Gasteiger partial charge in [0.2, 0.25) is 5.91 Å². The normalized spacial score (nSPS) is 18.5. The van der Waals surface area contributed by atoms with Crippen molar-refractivity contribution in [3.05, 3.63) is 65.7 Å². The number of carbonyl (C=O) groups excluding carboxylic acids is 2. The molecule has 0 spiro atoms. The van der Waals surface area contributed by atoms with Gasteiger partial charge in [0.25, 0.3) is 0 Å². The maximum atomic E-state index is 12.6. The molecule has 6 heteroatoms. The molecule has 4 rings (SSSR count). The molecule has 1 N–H and O–H groups in total. The van der Waals surface area contributed by atoms with Gasteiger partial charge in [-0.3, -0.25) is 9.69 Å². The molecule has 2 aromatic carbocycles. The van der Waals surface area contributed by atoms with E-state index in [1.54, 1.807) is 4.90 Å². The predicted octanol–water partition coefficient (Wildman–Crippen LogP) is 3.04. The lowest BCUT2D eigenvalue weighted by molar-refractivity contribution is -0.120. The van der Waals surface area contributed by atoms with Gasteiger partial charge in [-0.2, -0.15) is 0 Å². The van der Waals surface area contributed by atoms with Crippen molar-refractivity contribution in [2.45, 2.75) is 31.5 Å². The predicted molar refractivity (Wildman–Crippen MR) is 105 cm³/mol. The molecule has 0 radical (unpaired) electrons. The summed E-state index contributed by atoms with van der Waals surface area (Å²) in [4.78, 5) is 27.9.